The van der Waals surface area contributed by atoms with Gasteiger partial charge in [-0.3, -0.25) is 9.79 Å². The molecule has 0 aliphatic heterocycles. The highest BCUT2D eigenvalue weighted by Gasteiger charge is 2.02. The maximum Gasteiger partial charge on any atom is 0.185 e. The van der Waals surface area contributed by atoms with Crippen molar-refractivity contribution in [2.75, 3.05) is 26.0 Å². The quantitative estimate of drug-likeness (QED) is 0.326. The molecule has 0 bridgehead atoms. The van der Waals surface area contributed by atoms with Crippen LogP contribution in [0.1, 0.15) is 27.0 Å². The Morgan fingerprint density at radius 3 is 2.13 bits per heavy atom. The van der Waals surface area contributed by atoms with Gasteiger partial charge in [0.1, 0.15) is 0 Å². The number of carbonyl (C=O) groups excluding carboxylic acids is 1. The van der Waals surface area contributed by atoms with E-state index in [2.05, 4.69) is 22.4 Å². The summed E-state index contributed by atoms with van der Waals surface area (Å²) in [6, 6.07) is 23.7. The Hall–Kier alpha value is -3.50. The van der Waals surface area contributed by atoms with E-state index in [1.165, 1.54) is 5.56 Å². The molecule has 1 N–H and O–H groups in total. The molecule has 152 valence electrons. The van der Waals surface area contributed by atoms with Gasteiger partial charge in [-0.2, -0.15) is 0 Å². The highest BCUT2D eigenvalue weighted by atomic mass is 16.1. The normalized spacial score (nSPS) is 11.3. The Balaban J connectivity index is 1.60. The lowest BCUT2D eigenvalue weighted by Crippen LogP contribution is -2.07. The Bertz CT molecular complexity index is 1020. The van der Waals surface area contributed by atoms with E-state index in [-0.39, 0.29) is 5.78 Å². The van der Waals surface area contributed by atoms with Crippen LogP contribution in [0.5, 0.6) is 0 Å². The molecule has 0 aliphatic carbocycles. The van der Waals surface area contributed by atoms with Gasteiger partial charge in [-0.1, -0.05) is 42.5 Å². The number of hydrogen-bond acceptors (Lipinski definition) is 4. The first-order valence-corrected chi connectivity index (χ1v) is 9.92. The molecular formula is C26H27N3O. The van der Waals surface area contributed by atoms with Crippen LogP contribution in [0.4, 0.5) is 11.4 Å². The minimum atomic E-state index is -0.0256. The van der Waals surface area contributed by atoms with Gasteiger partial charge in [0.15, 0.2) is 5.78 Å². The Labute approximate surface area is 178 Å². The monoisotopic (exact) mass is 397 g/mol. The van der Waals surface area contributed by atoms with Gasteiger partial charge in [-0.15, -0.1) is 0 Å². The van der Waals surface area contributed by atoms with Crippen LogP contribution in [-0.2, 0) is 6.54 Å². The Morgan fingerprint density at radius 1 is 0.900 bits per heavy atom. The third-order valence-electron chi connectivity index (χ3n) is 4.71. The molecule has 0 atom stereocenters. The summed E-state index contributed by atoms with van der Waals surface area (Å²) in [5.41, 5.74) is 5.86. The van der Waals surface area contributed by atoms with E-state index in [0.717, 1.165) is 29.0 Å². The van der Waals surface area contributed by atoms with Gasteiger partial charge in [-0.25, -0.2) is 0 Å². The van der Waals surface area contributed by atoms with E-state index in [0.29, 0.717) is 5.56 Å². The second kappa shape index (κ2) is 10.3. The van der Waals surface area contributed by atoms with Crippen LogP contribution in [0, 0.1) is 0 Å². The second-order valence-corrected chi connectivity index (χ2v) is 7.26. The lowest BCUT2D eigenvalue weighted by Gasteiger charge is -2.11. The van der Waals surface area contributed by atoms with Crippen molar-refractivity contribution >= 4 is 29.4 Å². The fourth-order valence-electron chi connectivity index (χ4n) is 2.94. The first-order valence-electron chi connectivity index (χ1n) is 9.92. The van der Waals surface area contributed by atoms with E-state index in [4.69, 9.17) is 0 Å². The van der Waals surface area contributed by atoms with Crippen LogP contribution in [0.15, 0.2) is 83.9 Å². The minimum Gasteiger partial charge on any atom is -0.378 e. The van der Waals surface area contributed by atoms with E-state index >= 15 is 0 Å². The Morgan fingerprint density at radius 2 is 1.53 bits per heavy atom. The molecule has 4 heteroatoms. The topological polar surface area (TPSA) is 44.7 Å². The Kier molecular flexibility index (Phi) is 7.30. The first-order chi connectivity index (χ1) is 14.5. The lowest BCUT2D eigenvalue weighted by atomic mass is 10.1. The van der Waals surface area contributed by atoms with Crippen LogP contribution in [0.25, 0.3) is 6.08 Å². The number of benzene rings is 3. The zero-order valence-corrected chi connectivity index (χ0v) is 17.7. The average molecular weight is 398 g/mol. The lowest BCUT2D eigenvalue weighted by molar-refractivity contribution is 0.104. The SMILES string of the molecule is CNCc1ccc(C=Nc2ccc(C(=O)/C=C/c3ccc(N(C)C)cc3)cc2)cc1. The van der Waals surface area contributed by atoms with Crippen molar-refractivity contribution in [3.05, 3.63) is 101 Å². The third kappa shape index (κ3) is 6.00. The summed E-state index contributed by atoms with van der Waals surface area (Å²) in [6.07, 6.45) is 5.28. The van der Waals surface area contributed by atoms with Gasteiger partial charge in [0, 0.05) is 38.1 Å². The number of hydrogen-bond donors (Lipinski definition) is 1. The van der Waals surface area contributed by atoms with Crippen molar-refractivity contribution < 1.29 is 4.79 Å². The summed E-state index contributed by atoms with van der Waals surface area (Å²) in [5.74, 6) is -0.0256. The number of ketones is 1. The molecule has 0 radical (unpaired) electrons. The van der Waals surface area contributed by atoms with E-state index in [1.807, 2.05) is 99.0 Å². The number of allylic oxidation sites excluding steroid dienone is 1. The van der Waals surface area contributed by atoms with E-state index in [1.54, 1.807) is 6.08 Å². The summed E-state index contributed by atoms with van der Waals surface area (Å²) in [5, 5.41) is 3.13. The predicted molar refractivity (Wildman–Crippen MR) is 127 cm³/mol. The number of anilines is 1. The van der Waals surface area contributed by atoms with E-state index in [9.17, 15) is 4.79 Å². The molecule has 3 aromatic carbocycles. The number of nitrogens with zero attached hydrogens (tertiary/aromatic N) is 2. The zero-order chi connectivity index (χ0) is 21.3. The summed E-state index contributed by atoms with van der Waals surface area (Å²) in [6.45, 7) is 0.850. The molecule has 0 fully saturated rings. The van der Waals surface area contributed by atoms with Gasteiger partial charge >= 0.3 is 0 Å². The maximum atomic E-state index is 12.4. The molecule has 0 spiro atoms. The smallest absolute Gasteiger partial charge is 0.185 e. The molecular weight excluding hydrogens is 370 g/mol. The third-order valence-corrected chi connectivity index (χ3v) is 4.71. The molecule has 0 unspecified atom stereocenters. The van der Waals surface area contributed by atoms with Gasteiger partial charge in [0.25, 0.3) is 0 Å². The van der Waals surface area contributed by atoms with Crippen molar-refractivity contribution in [3.8, 4) is 0 Å². The van der Waals surface area contributed by atoms with Crippen molar-refractivity contribution in [1.82, 2.24) is 5.32 Å². The first kappa shape index (κ1) is 21.2. The van der Waals surface area contributed by atoms with Crippen molar-refractivity contribution in [1.29, 1.82) is 0 Å². The van der Waals surface area contributed by atoms with Gasteiger partial charge in [0.05, 0.1) is 5.69 Å². The maximum absolute atomic E-state index is 12.4. The predicted octanol–water partition coefficient (Wildman–Crippen LogP) is 5.12. The molecule has 0 saturated carbocycles. The minimum absolute atomic E-state index is 0.0256. The zero-order valence-electron chi connectivity index (χ0n) is 17.7. The largest absolute Gasteiger partial charge is 0.378 e. The second-order valence-electron chi connectivity index (χ2n) is 7.26. The molecule has 4 nitrogen and oxygen atoms in total. The highest BCUT2D eigenvalue weighted by Crippen LogP contribution is 2.16. The number of rotatable bonds is 8. The molecule has 3 rings (SSSR count). The summed E-state index contributed by atoms with van der Waals surface area (Å²) in [4.78, 5) is 19.0. The van der Waals surface area contributed by atoms with Crippen LogP contribution in [0.2, 0.25) is 0 Å². The number of aliphatic imine (C=N–C) groups is 1. The fourth-order valence-corrected chi connectivity index (χ4v) is 2.94. The van der Waals surface area contributed by atoms with Crippen LogP contribution >= 0.6 is 0 Å². The molecule has 0 aliphatic rings. The average Bonchev–Trinajstić information content (AvgIpc) is 2.78. The highest BCUT2D eigenvalue weighted by molar-refractivity contribution is 6.07. The van der Waals surface area contributed by atoms with Crippen molar-refractivity contribution in [2.45, 2.75) is 6.54 Å². The van der Waals surface area contributed by atoms with Crippen LogP contribution < -0.4 is 10.2 Å². The summed E-state index contributed by atoms with van der Waals surface area (Å²) < 4.78 is 0. The molecule has 0 amide bonds. The van der Waals surface area contributed by atoms with Gasteiger partial charge < -0.3 is 10.2 Å². The number of carbonyl (C=O) groups is 1. The molecule has 0 saturated heterocycles. The molecule has 30 heavy (non-hydrogen) atoms. The van der Waals surface area contributed by atoms with E-state index < -0.39 is 0 Å². The molecule has 3 aromatic rings. The summed E-state index contributed by atoms with van der Waals surface area (Å²) >= 11 is 0. The standard InChI is InChI=1S/C26H27N3O/c1-27-18-21-4-6-22(7-5-21)19-28-24-13-11-23(12-14-24)26(30)17-10-20-8-15-25(16-9-20)29(2)3/h4-17,19,27H,18H2,1-3H3/b17-10+,28-19?. The summed E-state index contributed by atoms with van der Waals surface area (Å²) in [7, 11) is 5.94. The molecule has 0 aromatic heterocycles. The van der Waals surface area contributed by atoms with Gasteiger partial charge in [-0.05, 0) is 66.2 Å². The number of nitrogens with one attached hydrogen (secondary N) is 1. The van der Waals surface area contributed by atoms with Crippen LogP contribution in [0.3, 0.4) is 0 Å². The van der Waals surface area contributed by atoms with Gasteiger partial charge in [0.2, 0.25) is 0 Å². The molecule has 0 heterocycles. The van der Waals surface area contributed by atoms with Crippen molar-refractivity contribution in [2.24, 2.45) is 4.99 Å². The van der Waals surface area contributed by atoms with Crippen molar-refractivity contribution in [3.63, 3.8) is 0 Å². The fraction of sp³-hybridized carbons (Fsp3) is 0.154. The van der Waals surface area contributed by atoms with Crippen LogP contribution in [-0.4, -0.2) is 33.1 Å².